The Balaban J connectivity index is 0. The van der Waals surface area contributed by atoms with Crippen LogP contribution >= 0.6 is 23.5 Å². The normalized spacial score (nSPS) is 11.6. The molecular formula is C19H40O7S3. The van der Waals surface area contributed by atoms with Gasteiger partial charge < -0.3 is 14.6 Å². The second-order valence-electron chi connectivity index (χ2n) is 7.30. The monoisotopic (exact) mass is 476 g/mol. The summed E-state index contributed by atoms with van der Waals surface area (Å²) in [7, 11) is -3.78. The van der Waals surface area contributed by atoms with Crippen LogP contribution in [0.2, 0.25) is 0 Å². The lowest BCUT2D eigenvalue weighted by Crippen LogP contribution is -2.07. The number of hydrogen-bond acceptors (Lipinski definition) is 7. The molecule has 0 heterocycles. The number of thioether (sulfide) groups is 2. The van der Waals surface area contributed by atoms with E-state index in [9.17, 15) is 13.2 Å². The number of aliphatic carboxylic acids is 1. The number of carboxylic acids is 1. The minimum Gasteiger partial charge on any atom is -0.481 e. The van der Waals surface area contributed by atoms with E-state index in [1.807, 2.05) is 0 Å². The van der Waals surface area contributed by atoms with Gasteiger partial charge in [-0.3, -0.25) is 9.35 Å². The fourth-order valence-electron chi connectivity index (χ4n) is 1.69. The van der Waals surface area contributed by atoms with Gasteiger partial charge in [-0.2, -0.15) is 31.9 Å². The predicted octanol–water partition coefficient (Wildman–Crippen LogP) is 3.93. The number of carbonyl (C=O) groups is 1. The first-order valence-electron chi connectivity index (χ1n) is 10.0. The van der Waals surface area contributed by atoms with E-state index in [1.165, 1.54) is 11.8 Å². The van der Waals surface area contributed by atoms with Crippen molar-refractivity contribution in [2.45, 2.75) is 47.0 Å². The quantitative estimate of drug-likeness (QED) is 0.224. The minimum absolute atomic E-state index is 0.162. The van der Waals surface area contributed by atoms with Crippen LogP contribution in [0.1, 0.15) is 47.0 Å². The Bertz CT molecular complexity index is 468. The maximum Gasteiger partial charge on any atom is 0.304 e. The van der Waals surface area contributed by atoms with Gasteiger partial charge in [0.25, 0.3) is 10.1 Å². The van der Waals surface area contributed by atoms with Crippen LogP contribution in [0.5, 0.6) is 0 Å². The number of carboxylic acid groups (broad SMARTS) is 1. The predicted molar refractivity (Wildman–Crippen MR) is 124 cm³/mol. The zero-order chi connectivity index (χ0) is 22.5. The van der Waals surface area contributed by atoms with E-state index in [0.29, 0.717) is 23.3 Å². The van der Waals surface area contributed by atoms with Gasteiger partial charge in [-0.25, -0.2) is 0 Å². The van der Waals surface area contributed by atoms with Gasteiger partial charge in [0.1, 0.15) is 0 Å². The molecule has 0 aliphatic rings. The van der Waals surface area contributed by atoms with E-state index in [4.69, 9.17) is 19.1 Å². The van der Waals surface area contributed by atoms with Crippen LogP contribution in [0.3, 0.4) is 0 Å². The SMILES string of the molecule is CC(C)COCCCSCCC(=O)O.CC(C)COCCCSCCS(=O)(=O)O. The van der Waals surface area contributed by atoms with Crippen molar-refractivity contribution in [1.29, 1.82) is 0 Å². The molecule has 0 aromatic rings. The molecular weight excluding hydrogens is 436 g/mol. The summed E-state index contributed by atoms with van der Waals surface area (Å²) >= 11 is 3.20. The lowest BCUT2D eigenvalue weighted by Gasteiger charge is -2.06. The molecule has 0 aliphatic heterocycles. The Hall–Kier alpha value is -0.0000000000000000763. The third-order valence-electron chi connectivity index (χ3n) is 3.00. The Labute approximate surface area is 185 Å². The van der Waals surface area contributed by atoms with Crippen molar-refractivity contribution in [3.05, 3.63) is 0 Å². The molecule has 0 bridgehead atoms. The molecule has 176 valence electrons. The molecule has 7 nitrogen and oxygen atoms in total. The number of rotatable bonds is 18. The van der Waals surface area contributed by atoms with E-state index in [-0.39, 0.29) is 12.2 Å². The van der Waals surface area contributed by atoms with Gasteiger partial charge in [0, 0.05) is 37.9 Å². The third-order valence-corrected chi connectivity index (χ3v) is 6.12. The van der Waals surface area contributed by atoms with Crippen molar-refractivity contribution in [3.8, 4) is 0 Å². The second kappa shape index (κ2) is 21.2. The highest BCUT2D eigenvalue weighted by atomic mass is 32.2. The summed E-state index contributed by atoms with van der Waals surface area (Å²) in [5.41, 5.74) is 0. The summed E-state index contributed by atoms with van der Waals surface area (Å²) in [5, 5.41) is 8.38. The van der Waals surface area contributed by atoms with Gasteiger partial charge in [0.05, 0.1) is 12.2 Å². The largest absolute Gasteiger partial charge is 0.481 e. The molecule has 0 saturated carbocycles. The van der Waals surface area contributed by atoms with Crippen LogP contribution in [-0.2, 0) is 24.4 Å². The standard InChI is InChI=1S/C10H20O3S.C9H20O4S2/c1-9(2)8-13-5-3-6-14-7-4-10(11)12;1-9(2)8-13-4-3-5-14-6-7-15(10,11)12/h9H,3-8H2,1-2H3,(H,11,12);9H,3-8H2,1-2H3,(H,10,11,12). The molecule has 0 saturated heterocycles. The van der Waals surface area contributed by atoms with Gasteiger partial charge in [-0.15, -0.1) is 0 Å². The molecule has 2 N–H and O–H groups in total. The molecule has 0 aliphatic carbocycles. The first kappa shape index (κ1) is 31.2. The summed E-state index contributed by atoms with van der Waals surface area (Å²) in [6.45, 7) is 11.6. The molecule has 0 fully saturated rings. The van der Waals surface area contributed by atoms with Crippen LogP contribution in [0, 0.1) is 11.8 Å². The highest BCUT2D eigenvalue weighted by Gasteiger charge is 2.03. The van der Waals surface area contributed by atoms with Gasteiger partial charge in [0.15, 0.2) is 0 Å². The zero-order valence-electron chi connectivity index (χ0n) is 18.3. The topological polar surface area (TPSA) is 110 Å². The van der Waals surface area contributed by atoms with E-state index in [0.717, 1.165) is 50.8 Å². The molecule has 0 amide bonds. The minimum atomic E-state index is -3.78. The van der Waals surface area contributed by atoms with Crippen LogP contribution in [-0.4, -0.2) is 79.2 Å². The molecule has 0 spiro atoms. The maximum absolute atomic E-state index is 10.4. The average Bonchev–Trinajstić information content (AvgIpc) is 2.58. The van der Waals surface area contributed by atoms with Gasteiger partial charge in [0.2, 0.25) is 0 Å². The summed E-state index contributed by atoms with van der Waals surface area (Å²) in [4.78, 5) is 10.2. The van der Waals surface area contributed by atoms with Gasteiger partial charge in [-0.1, -0.05) is 27.7 Å². The molecule has 0 aromatic heterocycles. The molecule has 0 unspecified atom stereocenters. The third kappa shape index (κ3) is 35.8. The Morgan fingerprint density at radius 3 is 1.69 bits per heavy atom. The van der Waals surface area contributed by atoms with Crippen molar-refractivity contribution >= 4 is 39.6 Å². The Morgan fingerprint density at radius 1 is 0.862 bits per heavy atom. The highest BCUT2D eigenvalue weighted by Crippen LogP contribution is 2.05. The molecule has 0 atom stereocenters. The van der Waals surface area contributed by atoms with E-state index >= 15 is 0 Å². The molecule has 0 radical (unpaired) electrons. The van der Waals surface area contributed by atoms with Crippen molar-refractivity contribution in [1.82, 2.24) is 0 Å². The summed E-state index contributed by atoms with van der Waals surface area (Å²) in [6, 6.07) is 0. The van der Waals surface area contributed by atoms with Crippen molar-refractivity contribution < 1.29 is 32.3 Å². The van der Waals surface area contributed by atoms with E-state index < -0.39 is 16.1 Å². The maximum atomic E-state index is 10.4. The summed E-state index contributed by atoms with van der Waals surface area (Å²) in [6.07, 6.45) is 2.19. The fraction of sp³-hybridized carbons (Fsp3) is 0.947. The number of hydrogen-bond donors (Lipinski definition) is 2. The van der Waals surface area contributed by atoms with Gasteiger partial charge >= 0.3 is 5.97 Å². The smallest absolute Gasteiger partial charge is 0.304 e. The Kier molecular flexibility index (Phi) is 22.8. The highest BCUT2D eigenvalue weighted by molar-refractivity contribution is 8.00. The Morgan fingerprint density at radius 2 is 1.31 bits per heavy atom. The average molecular weight is 477 g/mol. The summed E-state index contributed by atoms with van der Waals surface area (Å²) in [5.74, 6) is 3.28. The fourth-order valence-corrected chi connectivity index (χ4v) is 4.38. The number of ether oxygens (including phenoxy) is 2. The lowest BCUT2D eigenvalue weighted by molar-refractivity contribution is -0.136. The molecule has 10 heteroatoms. The van der Waals surface area contributed by atoms with Crippen molar-refractivity contribution in [3.63, 3.8) is 0 Å². The van der Waals surface area contributed by atoms with Crippen LogP contribution in [0.15, 0.2) is 0 Å². The zero-order valence-corrected chi connectivity index (χ0v) is 20.7. The van der Waals surface area contributed by atoms with Crippen molar-refractivity contribution in [2.24, 2.45) is 11.8 Å². The van der Waals surface area contributed by atoms with Crippen molar-refractivity contribution in [2.75, 3.05) is 55.2 Å². The van der Waals surface area contributed by atoms with E-state index in [2.05, 4.69) is 27.7 Å². The van der Waals surface area contributed by atoms with Gasteiger partial charge in [-0.05, 0) is 36.2 Å². The van der Waals surface area contributed by atoms with Crippen LogP contribution in [0.4, 0.5) is 0 Å². The van der Waals surface area contributed by atoms with Crippen LogP contribution < -0.4 is 0 Å². The molecule has 0 rings (SSSR count). The molecule has 29 heavy (non-hydrogen) atoms. The summed E-state index contributed by atoms with van der Waals surface area (Å²) < 4.78 is 39.9. The van der Waals surface area contributed by atoms with E-state index in [1.54, 1.807) is 11.8 Å². The molecule has 0 aromatic carbocycles. The lowest BCUT2D eigenvalue weighted by atomic mass is 10.2. The second-order valence-corrected chi connectivity index (χ2v) is 11.3. The van der Waals surface area contributed by atoms with Crippen LogP contribution in [0.25, 0.3) is 0 Å². The first-order chi connectivity index (χ1) is 13.5. The first-order valence-corrected chi connectivity index (χ1v) is 13.9.